The number of hydrogen-bond acceptors (Lipinski definition) is 6. The normalized spacial score (nSPS) is 14.0. The van der Waals surface area contributed by atoms with Crippen LogP contribution >= 0.6 is 0 Å². The van der Waals surface area contributed by atoms with Crippen molar-refractivity contribution < 1.29 is 27.5 Å². The molecule has 1 atom stereocenters. The fourth-order valence-corrected chi connectivity index (χ4v) is 4.97. The molecule has 0 bridgehead atoms. The second-order valence-corrected chi connectivity index (χ2v) is 10.8. The highest BCUT2D eigenvalue weighted by Crippen LogP contribution is 2.31. The molecule has 0 spiro atoms. The van der Waals surface area contributed by atoms with Crippen LogP contribution in [-0.4, -0.2) is 51.0 Å². The number of Topliss-reactive ketones (excluding diaryl/α,β-unsaturated/α-hetero) is 1. The lowest BCUT2D eigenvalue weighted by molar-refractivity contribution is -0.145. The van der Waals surface area contributed by atoms with Gasteiger partial charge in [-0.15, -0.1) is 0 Å². The third-order valence-electron chi connectivity index (χ3n) is 5.79. The summed E-state index contributed by atoms with van der Waals surface area (Å²) < 4.78 is 31.1. The van der Waals surface area contributed by atoms with Gasteiger partial charge in [0.1, 0.15) is 6.04 Å². The van der Waals surface area contributed by atoms with Gasteiger partial charge in [0.2, 0.25) is 10.0 Å². The Morgan fingerprint density at radius 3 is 2.47 bits per heavy atom. The van der Waals surface area contributed by atoms with E-state index >= 15 is 0 Å². The van der Waals surface area contributed by atoms with Gasteiger partial charge in [0.05, 0.1) is 11.4 Å². The summed E-state index contributed by atoms with van der Waals surface area (Å²) in [5.41, 5.74) is 3.04. The SMILES string of the molecule is CCS(=O)(=O)N1CCc2cc(C(=O)COC(=O)[C@@H](NC(=O)c3cccc(C)c3)C(C)C)ccc21. The van der Waals surface area contributed by atoms with E-state index in [1.54, 1.807) is 51.1 Å². The molecule has 0 aliphatic carbocycles. The van der Waals surface area contributed by atoms with Crippen LogP contribution in [-0.2, 0) is 26.0 Å². The van der Waals surface area contributed by atoms with Crippen molar-refractivity contribution in [2.24, 2.45) is 5.92 Å². The molecule has 9 heteroatoms. The summed E-state index contributed by atoms with van der Waals surface area (Å²) in [6.07, 6.45) is 0.510. The van der Waals surface area contributed by atoms with Crippen molar-refractivity contribution in [3.05, 3.63) is 64.7 Å². The van der Waals surface area contributed by atoms with Crippen molar-refractivity contribution in [1.82, 2.24) is 5.32 Å². The Balaban J connectivity index is 1.64. The Hall–Kier alpha value is -3.20. The molecule has 2 aromatic rings. The first-order valence-corrected chi connectivity index (χ1v) is 12.8. The predicted molar refractivity (Wildman–Crippen MR) is 130 cm³/mol. The minimum absolute atomic E-state index is 0.000505. The van der Waals surface area contributed by atoms with E-state index in [9.17, 15) is 22.8 Å². The van der Waals surface area contributed by atoms with E-state index in [0.717, 1.165) is 11.1 Å². The van der Waals surface area contributed by atoms with Crippen LogP contribution in [0.15, 0.2) is 42.5 Å². The van der Waals surface area contributed by atoms with Crippen molar-refractivity contribution in [3.63, 3.8) is 0 Å². The molecule has 1 aliphatic heterocycles. The summed E-state index contributed by atoms with van der Waals surface area (Å²) in [5.74, 6) is -1.73. The van der Waals surface area contributed by atoms with Crippen LogP contribution in [0.2, 0.25) is 0 Å². The first-order valence-electron chi connectivity index (χ1n) is 11.2. The highest BCUT2D eigenvalue weighted by Gasteiger charge is 2.30. The number of benzene rings is 2. The maximum Gasteiger partial charge on any atom is 0.329 e. The third kappa shape index (κ3) is 5.64. The zero-order chi connectivity index (χ0) is 25.0. The number of ether oxygens (including phenoxy) is 1. The molecule has 0 fully saturated rings. The molecular formula is C25H30N2O6S. The van der Waals surface area contributed by atoms with Gasteiger partial charge in [-0.2, -0.15) is 0 Å². The predicted octanol–water partition coefficient (Wildman–Crippen LogP) is 2.89. The molecule has 3 rings (SSSR count). The molecule has 1 amide bonds. The number of rotatable bonds is 9. The lowest BCUT2D eigenvalue weighted by Crippen LogP contribution is -2.45. The molecule has 0 saturated carbocycles. The number of esters is 1. The Morgan fingerprint density at radius 2 is 1.82 bits per heavy atom. The number of hydrogen-bond donors (Lipinski definition) is 1. The van der Waals surface area contributed by atoms with E-state index in [1.807, 2.05) is 13.0 Å². The van der Waals surface area contributed by atoms with Gasteiger partial charge in [0.15, 0.2) is 12.4 Å². The van der Waals surface area contributed by atoms with Crippen LogP contribution in [0, 0.1) is 12.8 Å². The minimum atomic E-state index is -3.37. The van der Waals surface area contributed by atoms with Crippen molar-refractivity contribution in [1.29, 1.82) is 0 Å². The largest absolute Gasteiger partial charge is 0.456 e. The van der Waals surface area contributed by atoms with Gasteiger partial charge in [-0.1, -0.05) is 31.5 Å². The maximum absolute atomic E-state index is 12.7. The van der Waals surface area contributed by atoms with E-state index in [0.29, 0.717) is 29.8 Å². The van der Waals surface area contributed by atoms with Gasteiger partial charge < -0.3 is 10.1 Å². The highest BCUT2D eigenvalue weighted by molar-refractivity contribution is 7.92. The summed E-state index contributed by atoms with van der Waals surface area (Å²) in [6, 6.07) is 10.9. The van der Waals surface area contributed by atoms with Crippen LogP contribution < -0.4 is 9.62 Å². The molecule has 1 N–H and O–H groups in total. The summed E-state index contributed by atoms with van der Waals surface area (Å²) in [7, 11) is -3.37. The van der Waals surface area contributed by atoms with E-state index in [4.69, 9.17) is 4.74 Å². The van der Waals surface area contributed by atoms with Crippen LogP contribution in [0.25, 0.3) is 0 Å². The second kappa shape index (κ2) is 10.4. The van der Waals surface area contributed by atoms with Crippen LogP contribution in [0.5, 0.6) is 0 Å². The molecule has 1 aliphatic rings. The summed E-state index contributed by atoms with van der Waals surface area (Å²) in [6.45, 7) is 6.89. The molecule has 1 heterocycles. The van der Waals surface area contributed by atoms with E-state index in [2.05, 4.69) is 5.32 Å². The Morgan fingerprint density at radius 1 is 1.09 bits per heavy atom. The zero-order valence-corrected chi connectivity index (χ0v) is 20.6. The van der Waals surface area contributed by atoms with Crippen LogP contribution in [0.4, 0.5) is 5.69 Å². The van der Waals surface area contributed by atoms with Gasteiger partial charge in [-0.3, -0.25) is 13.9 Å². The molecule has 2 aromatic carbocycles. The Labute approximate surface area is 200 Å². The van der Waals surface area contributed by atoms with E-state index < -0.39 is 40.3 Å². The summed E-state index contributed by atoms with van der Waals surface area (Å²) >= 11 is 0. The van der Waals surface area contributed by atoms with Gasteiger partial charge in [-0.25, -0.2) is 13.2 Å². The number of sulfonamides is 1. The number of carbonyl (C=O) groups is 3. The second-order valence-electron chi connectivity index (χ2n) is 8.66. The summed E-state index contributed by atoms with van der Waals surface area (Å²) in [4.78, 5) is 37.9. The van der Waals surface area contributed by atoms with Crippen LogP contribution in [0.1, 0.15) is 52.6 Å². The van der Waals surface area contributed by atoms with Gasteiger partial charge in [0.25, 0.3) is 5.91 Å². The minimum Gasteiger partial charge on any atom is -0.456 e. The summed E-state index contributed by atoms with van der Waals surface area (Å²) in [5, 5.41) is 2.69. The number of amides is 1. The lowest BCUT2D eigenvalue weighted by Gasteiger charge is -2.21. The number of anilines is 1. The van der Waals surface area contributed by atoms with Crippen molar-refractivity contribution in [2.75, 3.05) is 23.2 Å². The molecule has 182 valence electrons. The molecule has 34 heavy (non-hydrogen) atoms. The Kier molecular flexibility index (Phi) is 7.76. The van der Waals surface area contributed by atoms with E-state index in [-0.39, 0.29) is 11.7 Å². The molecule has 0 aromatic heterocycles. The fraction of sp³-hybridized carbons (Fsp3) is 0.400. The standard InChI is InChI=1S/C25H30N2O6S/c1-5-34(31,32)27-12-11-18-14-19(9-10-21(18)27)22(28)15-33-25(30)23(16(2)3)26-24(29)20-8-6-7-17(4)13-20/h6-10,13-14,16,23H,5,11-12,15H2,1-4H3,(H,26,29)/t23-/m0/s1. The number of aryl methyl sites for hydroxylation is 1. The van der Waals surface area contributed by atoms with Crippen molar-refractivity contribution in [2.45, 2.75) is 40.2 Å². The molecule has 0 radical (unpaired) electrons. The number of ketones is 1. The van der Waals surface area contributed by atoms with E-state index in [1.165, 1.54) is 10.4 Å². The van der Waals surface area contributed by atoms with Gasteiger partial charge in [-0.05, 0) is 62.1 Å². The number of nitrogens with one attached hydrogen (secondary N) is 1. The van der Waals surface area contributed by atoms with Gasteiger partial charge in [0, 0.05) is 17.7 Å². The van der Waals surface area contributed by atoms with Crippen LogP contribution in [0.3, 0.4) is 0 Å². The fourth-order valence-electron chi connectivity index (χ4n) is 3.81. The monoisotopic (exact) mass is 486 g/mol. The number of carbonyl (C=O) groups excluding carboxylic acids is 3. The topological polar surface area (TPSA) is 110 Å². The smallest absolute Gasteiger partial charge is 0.329 e. The number of fused-ring (bicyclic) bond motifs is 1. The Bertz CT molecular complexity index is 1210. The first-order chi connectivity index (χ1) is 16.0. The number of nitrogens with zero attached hydrogens (tertiary/aromatic N) is 1. The quantitative estimate of drug-likeness (QED) is 0.431. The molecule has 8 nitrogen and oxygen atoms in total. The van der Waals surface area contributed by atoms with Crippen molar-refractivity contribution in [3.8, 4) is 0 Å². The first kappa shape index (κ1) is 25.4. The third-order valence-corrected chi connectivity index (χ3v) is 7.57. The zero-order valence-electron chi connectivity index (χ0n) is 19.8. The highest BCUT2D eigenvalue weighted by atomic mass is 32.2. The molecule has 0 saturated heterocycles. The molecule has 0 unspecified atom stereocenters. The molecular weight excluding hydrogens is 456 g/mol. The average Bonchev–Trinajstić information content (AvgIpc) is 3.24. The van der Waals surface area contributed by atoms with Gasteiger partial charge >= 0.3 is 5.97 Å². The lowest BCUT2D eigenvalue weighted by atomic mass is 10.0. The van der Waals surface area contributed by atoms with Crippen molar-refractivity contribution >= 4 is 33.4 Å². The average molecular weight is 487 g/mol. The maximum atomic E-state index is 12.7.